The highest BCUT2D eigenvalue weighted by Gasteiger charge is 2.24. The van der Waals surface area contributed by atoms with Gasteiger partial charge in [-0.05, 0) is 49.1 Å². The lowest BCUT2D eigenvalue weighted by molar-refractivity contribution is 0.0945. The first-order chi connectivity index (χ1) is 14.9. The van der Waals surface area contributed by atoms with E-state index >= 15 is 0 Å². The molecule has 31 heavy (non-hydrogen) atoms. The van der Waals surface area contributed by atoms with Gasteiger partial charge in [-0.15, -0.1) is 0 Å². The van der Waals surface area contributed by atoms with Crippen LogP contribution in [0, 0.1) is 6.92 Å². The van der Waals surface area contributed by atoms with Crippen molar-refractivity contribution in [2.75, 3.05) is 18.0 Å². The number of fused-ring (bicyclic) bond motifs is 1. The second-order valence-corrected chi connectivity index (χ2v) is 8.73. The molecule has 160 valence electrons. The molecule has 1 aliphatic heterocycles. The minimum atomic E-state index is -0.217. The van der Waals surface area contributed by atoms with Crippen LogP contribution in [-0.4, -0.2) is 29.0 Å². The highest BCUT2D eigenvalue weighted by Crippen LogP contribution is 2.33. The van der Waals surface area contributed by atoms with Crippen LogP contribution in [0.1, 0.15) is 59.3 Å². The van der Waals surface area contributed by atoms with Crippen molar-refractivity contribution in [2.24, 2.45) is 0 Å². The van der Waals surface area contributed by atoms with Gasteiger partial charge in [0.1, 0.15) is 0 Å². The van der Waals surface area contributed by atoms with E-state index in [-0.39, 0.29) is 17.1 Å². The number of aromatic nitrogens is 2. The number of rotatable bonds is 5. The minimum Gasteiger partial charge on any atom is -0.365 e. The Morgan fingerprint density at radius 1 is 1.06 bits per heavy atom. The average molecular weight is 415 g/mol. The Morgan fingerprint density at radius 2 is 1.71 bits per heavy atom. The highest BCUT2D eigenvalue weighted by molar-refractivity contribution is 5.90. The van der Waals surface area contributed by atoms with E-state index in [1.54, 1.807) is 6.20 Å². The summed E-state index contributed by atoms with van der Waals surface area (Å²) in [5.74, 6) is 0.0303. The number of anilines is 1. The molecule has 1 aromatic heterocycles. The molecule has 0 bridgehead atoms. The monoisotopic (exact) mass is 414 g/mol. The van der Waals surface area contributed by atoms with E-state index in [0.29, 0.717) is 13.1 Å². The van der Waals surface area contributed by atoms with Crippen molar-refractivity contribution >= 4 is 11.6 Å². The Bertz CT molecular complexity index is 1070. The Labute approximate surface area is 184 Å². The molecule has 0 radical (unpaired) electrons. The second-order valence-electron chi connectivity index (χ2n) is 8.73. The molecule has 5 heteroatoms. The number of carbonyl (C=O) groups is 1. The molecule has 4 rings (SSSR count). The third-order valence-electron chi connectivity index (χ3n) is 6.21. The van der Waals surface area contributed by atoms with Crippen molar-refractivity contribution in [3.63, 3.8) is 0 Å². The lowest BCUT2D eigenvalue weighted by Gasteiger charge is -2.31. The van der Waals surface area contributed by atoms with Gasteiger partial charge >= 0.3 is 0 Å². The van der Waals surface area contributed by atoms with Gasteiger partial charge in [-0.3, -0.25) is 4.79 Å². The number of hydrogen-bond acceptors (Lipinski definition) is 4. The Balaban J connectivity index is 1.53. The molecule has 2 heterocycles. The van der Waals surface area contributed by atoms with Gasteiger partial charge in [-0.25, -0.2) is 9.97 Å². The largest absolute Gasteiger partial charge is 0.365 e. The van der Waals surface area contributed by atoms with Crippen LogP contribution in [-0.2, 0) is 18.4 Å². The van der Waals surface area contributed by atoms with Crippen LogP contribution in [0.4, 0.5) is 5.69 Å². The predicted octanol–water partition coefficient (Wildman–Crippen LogP) is 4.42. The van der Waals surface area contributed by atoms with Crippen molar-refractivity contribution < 1.29 is 4.79 Å². The smallest absolute Gasteiger partial charge is 0.289 e. The van der Waals surface area contributed by atoms with Crippen molar-refractivity contribution in [2.45, 2.75) is 46.1 Å². The maximum absolute atomic E-state index is 12.1. The first-order valence-corrected chi connectivity index (χ1v) is 10.9. The molecule has 0 atom stereocenters. The van der Waals surface area contributed by atoms with Gasteiger partial charge in [0.25, 0.3) is 5.91 Å². The summed E-state index contributed by atoms with van der Waals surface area (Å²) in [5, 5.41) is 2.77. The van der Waals surface area contributed by atoms with Crippen molar-refractivity contribution in [3.05, 3.63) is 88.5 Å². The fraction of sp³-hybridized carbons (Fsp3) is 0.346. The number of nitrogens with one attached hydrogen (secondary N) is 1. The molecule has 3 aromatic rings. The normalized spacial score (nSPS) is 13.6. The molecule has 1 aliphatic rings. The van der Waals surface area contributed by atoms with Crippen LogP contribution in [0.3, 0.4) is 0 Å². The van der Waals surface area contributed by atoms with E-state index in [4.69, 9.17) is 0 Å². The lowest BCUT2D eigenvalue weighted by atomic mass is 9.78. The van der Waals surface area contributed by atoms with E-state index in [1.807, 2.05) is 6.92 Å². The van der Waals surface area contributed by atoms with Gasteiger partial charge in [0.15, 0.2) is 0 Å². The molecule has 0 unspecified atom stereocenters. The molecular formula is C26H30N4O. The number of hydrogen-bond donors (Lipinski definition) is 1. The van der Waals surface area contributed by atoms with E-state index in [0.717, 1.165) is 24.2 Å². The van der Waals surface area contributed by atoms with Gasteiger partial charge < -0.3 is 10.2 Å². The summed E-state index contributed by atoms with van der Waals surface area (Å²) >= 11 is 0. The van der Waals surface area contributed by atoms with Gasteiger partial charge in [0.05, 0.1) is 12.2 Å². The summed E-state index contributed by atoms with van der Waals surface area (Å²) in [6, 6.07) is 17.6. The van der Waals surface area contributed by atoms with Crippen LogP contribution in [0.5, 0.6) is 0 Å². The summed E-state index contributed by atoms with van der Waals surface area (Å²) in [7, 11) is 0. The van der Waals surface area contributed by atoms with Crippen LogP contribution in [0.25, 0.3) is 0 Å². The molecule has 0 aliphatic carbocycles. The van der Waals surface area contributed by atoms with Crippen LogP contribution in [0.15, 0.2) is 54.7 Å². The molecule has 2 aromatic carbocycles. The summed E-state index contributed by atoms with van der Waals surface area (Å²) < 4.78 is 0. The fourth-order valence-electron chi connectivity index (χ4n) is 4.10. The topological polar surface area (TPSA) is 58.1 Å². The summed E-state index contributed by atoms with van der Waals surface area (Å²) in [6.45, 7) is 10.7. The van der Waals surface area contributed by atoms with Crippen molar-refractivity contribution in [3.8, 4) is 0 Å². The molecule has 0 saturated heterocycles. The third kappa shape index (κ3) is 4.31. The van der Waals surface area contributed by atoms with E-state index in [1.165, 1.54) is 22.4 Å². The van der Waals surface area contributed by atoms with Gasteiger partial charge in [0.2, 0.25) is 5.82 Å². The Morgan fingerprint density at radius 3 is 2.35 bits per heavy atom. The average Bonchev–Trinajstić information content (AvgIpc) is 2.79. The zero-order chi connectivity index (χ0) is 22.0. The fourth-order valence-corrected chi connectivity index (χ4v) is 4.10. The zero-order valence-corrected chi connectivity index (χ0v) is 18.8. The standard InChI is InChI=1S/C26H30N4O/c1-5-27-25(31)24-28-16-19-14-15-30(17-23(19)29-24)22-12-10-21(11-13-22)26(3,4)20-8-6-18(2)7-9-20/h6-13,16H,5,14-15,17H2,1-4H3,(H,27,31). The molecule has 1 amide bonds. The van der Waals surface area contributed by atoms with E-state index < -0.39 is 0 Å². The van der Waals surface area contributed by atoms with Gasteiger partial charge in [-0.1, -0.05) is 55.8 Å². The Hall–Kier alpha value is -3.21. The highest BCUT2D eigenvalue weighted by atomic mass is 16.2. The molecule has 0 fully saturated rings. The first kappa shape index (κ1) is 21.0. The van der Waals surface area contributed by atoms with E-state index in [9.17, 15) is 4.79 Å². The minimum absolute atomic E-state index is 0.0600. The quantitative estimate of drug-likeness (QED) is 0.671. The molecular weight excluding hydrogens is 384 g/mol. The molecule has 5 nitrogen and oxygen atoms in total. The summed E-state index contributed by atoms with van der Waals surface area (Å²) in [6.07, 6.45) is 2.68. The first-order valence-electron chi connectivity index (χ1n) is 10.9. The second kappa shape index (κ2) is 8.50. The number of aryl methyl sites for hydroxylation is 1. The SMILES string of the molecule is CCNC(=O)c1ncc2c(n1)CN(c1ccc(C(C)(C)c3ccc(C)cc3)cc1)CC2. The van der Waals surface area contributed by atoms with Crippen LogP contribution >= 0.6 is 0 Å². The number of amides is 1. The molecule has 0 spiro atoms. The number of carbonyl (C=O) groups excluding carboxylic acids is 1. The third-order valence-corrected chi connectivity index (χ3v) is 6.21. The van der Waals surface area contributed by atoms with Gasteiger partial charge in [-0.2, -0.15) is 0 Å². The molecule has 1 N–H and O–H groups in total. The van der Waals surface area contributed by atoms with Crippen LogP contribution < -0.4 is 10.2 Å². The number of nitrogens with zero attached hydrogens (tertiary/aromatic N) is 3. The Kier molecular flexibility index (Phi) is 5.77. The van der Waals surface area contributed by atoms with Crippen LogP contribution in [0.2, 0.25) is 0 Å². The molecule has 0 saturated carbocycles. The van der Waals surface area contributed by atoms with Gasteiger partial charge in [0, 0.05) is 30.4 Å². The van der Waals surface area contributed by atoms with E-state index in [2.05, 4.69) is 89.5 Å². The lowest BCUT2D eigenvalue weighted by Crippen LogP contribution is -2.33. The van der Waals surface area contributed by atoms with Crippen molar-refractivity contribution in [1.29, 1.82) is 0 Å². The summed E-state index contributed by atoms with van der Waals surface area (Å²) in [5.41, 5.74) is 7.06. The van der Waals surface area contributed by atoms with Crippen molar-refractivity contribution in [1.82, 2.24) is 15.3 Å². The predicted molar refractivity (Wildman–Crippen MR) is 125 cm³/mol. The maximum Gasteiger partial charge on any atom is 0.289 e. The maximum atomic E-state index is 12.1. The zero-order valence-electron chi connectivity index (χ0n) is 18.8. The summed E-state index contributed by atoms with van der Waals surface area (Å²) in [4.78, 5) is 23.2. The number of benzene rings is 2.